The van der Waals surface area contributed by atoms with E-state index in [4.69, 9.17) is 0 Å². The van der Waals surface area contributed by atoms with Gasteiger partial charge in [-0.15, -0.1) is 0 Å². The fraction of sp³-hybridized carbons (Fsp3) is 0.333. The number of hydrogen-bond donors (Lipinski definition) is 0. The van der Waals surface area contributed by atoms with Gasteiger partial charge in [-0.3, -0.25) is 20.2 Å². The van der Waals surface area contributed by atoms with Crippen LogP contribution in [-0.4, -0.2) is 9.85 Å². The third kappa shape index (κ3) is 2.33. The molecule has 0 spiro atoms. The van der Waals surface area contributed by atoms with E-state index in [1.165, 1.54) is 6.07 Å². The topological polar surface area (TPSA) is 86.3 Å². The molecule has 1 aromatic rings. The Kier molecular flexibility index (Phi) is 3.29. The predicted molar refractivity (Wildman–Crippen MR) is 76.2 cm³/mol. The highest BCUT2D eigenvalue weighted by molar-refractivity contribution is 5.46. The van der Waals surface area contributed by atoms with E-state index in [0.717, 1.165) is 12.6 Å². The van der Waals surface area contributed by atoms with Crippen LogP contribution in [0.1, 0.15) is 17.9 Å². The molecule has 1 fully saturated rings. The maximum absolute atomic E-state index is 11.2. The lowest BCUT2D eigenvalue weighted by molar-refractivity contribution is -0.402. The number of fused-ring (bicyclic) bond motifs is 2. The number of benzene rings is 1. The molecule has 2 aliphatic carbocycles. The Balaban J connectivity index is 2.02. The number of para-hydroxylation sites is 1. The van der Waals surface area contributed by atoms with Crippen LogP contribution in [0.2, 0.25) is 0 Å². The summed E-state index contributed by atoms with van der Waals surface area (Å²) in [5.41, 5.74) is 0.778. The molecule has 6 nitrogen and oxygen atoms in total. The van der Waals surface area contributed by atoms with Crippen molar-refractivity contribution < 1.29 is 9.85 Å². The highest BCUT2D eigenvalue weighted by Gasteiger charge is 2.46. The molecule has 0 aliphatic heterocycles. The van der Waals surface area contributed by atoms with Crippen molar-refractivity contribution in [2.75, 3.05) is 0 Å². The van der Waals surface area contributed by atoms with E-state index in [0.29, 0.717) is 5.56 Å². The summed E-state index contributed by atoms with van der Waals surface area (Å²) in [5, 5.41) is 21.8. The van der Waals surface area contributed by atoms with E-state index in [1.54, 1.807) is 24.3 Å². The van der Waals surface area contributed by atoms with E-state index in [1.807, 2.05) is 0 Å². The van der Waals surface area contributed by atoms with Gasteiger partial charge in [-0.1, -0.05) is 30.4 Å². The molecule has 0 N–H and O–H groups in total. The lowest BCUT2D eigenvalue weighted by Crippen LogP contribution is -2.17. The second-order valence-corrected chi connectivity index (χ2v) is 5.49. The maximum atomic E-state index is 11.2. The summed E-state index contributed by atoms with van der Waals surface area (Å²) >= 11 is 0. The number of allylic oxidation sites excluding steroid dienone is 3. The number of nitro benzene ring substituents is 1. The van der Waals surface area contributed by atoms with Crippen molar-refractivity contribution in [2.45, 2.75) is 12.3 Å². The van der Waals surface area contributed by atoms with Crippen molar-refractivity contribution in [3.8, 4) is 0 Å². The first-order chi connectivity index (χ1) is 10.1. The molecule has 2 bridgehead atoms. The minimum atomic E-state index is -0.480. The van der Waals surface area contributed by atoms with Gasteiger partial charge in [0.15, 0.2) is 0 Å². The standard InChI is InChI=1S/C15H14N2O4/c18-16(19)8-7-12-10-5-6-11(9-10)15(12)13-3-1-2-4-14(13)17(20)21/h1-8,10-12,15H,9H2. The summed E-state index contributed by atoms with van der Waals surface area (Å²) in [5.74, 6) is 0.345. The van der Waals surface area contributed by atoms with Crippen LogP contribution >= 0.6 is 0 Å². The molecule has 6 heteroatoms. The Morgan fingerprint density at radius 1 is 1.10 bits per heavy atom. The van der Waals surface area contributed by atoms with Crippen molar-refractivity contribution in [2.24, 2.45) is 17.8 Å². The zero-order chi connectivity index (χ0) is 15.0. The van der Waals surface area contributed by atoms with Crippen LogP contribution in [0, 0.1) is 38.0 Å². The molecule has 1 aromatic carbocycles. The number of hydrogen-bond acceptors (Lipinski definition) is 4. The van der Waals surface area contributed by atoms with Gasteiger partial charge in [-0.05, 0) is 30.3 Å². The minimum Gasteiger partial charge on any atom is -0.259 e. The Bertz CT molecular complexity index is 653. The highest BCUT2D eigenvalue weighted by Crippen LogP contribution is 2.54. The molecule has 0 saturated heterocycles. The van der Waals surface area contributed by atoms with Gasteiger partial charge in [0, 0.05) is 17.5 Å². The van der Waals surface area contributed by atoms with Gasteiger partial charge in [-0.2, -0.15) is 0 Å². The van der Waals surface area contributed by atoms with Gasteiger partial charge in [0.25, 0.3) is 5.69 Å². The zero-order valence-corrected chi connectivity index (χ0v) is 11.2. The van der Waals surface area contributed by atoms with Gasteiger partial charge in [0.2, 0.25) is 6.20 Å². The van der Waals surface area contributed by atoms with E-state index in [9.17, 15) is 20.2 Å². The molecule has 0 radical (unpaired) electrons. The van der Waals surface area contributed by atoms with Crippen molar-refractivity contribution >= 4 is 5.69 Å². The Labute approximate surface area is 121 Å². The summed E-state index contributed by atoms with van der Waals surface area (Å²) in [6, 6.07) is 6.70. The summed E-state index contributed by atoms with van der Waals surface area (Å²) in [6.45, 7) is 0. The van der Waals surface area contributed by atoms with E-state index < -0.39 is 4.92 Å². The average Bonchev–Trinajstić information content (AvgIpc) is 3.05. The molecule has 3 rings (SSSR count). The van der Waals surface area contributed by atoms with Crippen LogP contribution in [-0.2, 0) is 0 Å². The molecular weight excluding hydrogens is 272 g/mol. The average molecular weight is 286 g/mol. The monoisotopic (exact) mass is 286 g/mol. The fourth-order valence-corrected chi connectivity index (χ4v) is 3.67. The molecule has 0 heterocycles. The van der Waals surface area contributed by atoms with E-state index in [-0.39, 0.29) is 34.3 Å². The first-order valence-electron chi connectivity index (χ1n) is 6.81. The second-order valence-electron chi connectivity index (χ2n) is 5.49. The summed E-state index contributed by atoms with van der Waals surface area (Å²) in [4.78, 5) is 20.9. The highest BCUT2D eigenvalue weighted by atomic mass is 16.6. The van der Waals surface area contributed by atoms with Gasteiger partial charge in [-0.25, -0.2) is 0 Å². The molecule has 0 aromatic heterocycles. The summed E-state index contributed by atoms with van der Waals surface area (Å²) in [7, 11) is 0. The van der Waals surface area contributed by atoms with Crippen LogP contribution in [0.3, 0.4) is 0 Å². The third-order valence-corrected chi connectivity index (χ3v) is 4.44. The van der Waals surface area contributed by atoms with Gasteiger partial charge in [0.05, 0.1) is 9.85 Å². The molecule has 0 amide bonds. The van der Waals surface area contributed by atoms with Crippen molar-refractivity contribution in [1.82, 2.24) is 0 Å². The van der Waals surface area contributed by atoms with Gasteiger partial charge in [0.1, 0.15) is 0 Å². The van der Waals surface area contributed by atoms with Gasteiger partial charge < -0.3 is 0 Å². The second kappa shape index (κ2) is 5.12. The first-order valence-corrected chi connectivity index (χ1v) is 6.81. The number of rotatable bonds is 4. The number of nitrogens with zero attached hydrogens (tertiary/aromatic N) is 2. The molecular formula is C15H14N2O4. The SMILES string of the molecule is O=[N+]([O-])C=CC1C2C=CC(C2)C1c1ccccc1[N+](=O)[O-]. The van der Waals surface area contributed by atoms with E-state index >= 15 is 0 Å². The molecule has 4 atom stereocenters. The largest absolute Gasteiger partial charge is 0.272 e. The van der Waals surface area contributed by atoms with Crippen LogP contribution in [0.4, 0.5) is 5.69 Å². The normalized spacial score (nSPS) is 30.1. The van der Waals surface area contributed by atoms with Crippen molar-refractivity contribution in [3.63, 3.8) is 0 Å². The van der Waals surface area contributed by atoms with Crippen LogP contribution < -0.4 is 0 Å². The minimum absolute atomic E-state index is 0.0495. The van der Waals surface area contributed by atoms with Crippen molar-refractivity contribution in [1.29, 1.82) is 0 Å². The smallest absolute Gasteiger partial charge is 0.259 e. The lowest BCUT2D eigenvalue weighted by atomic mass is 9.78. The lowest BCUT2D eigenvalue weighted by Gasteiger charge is -2.25. The summed E-state index contributed by atoms with van der Waals surface area (Å²) < 4.78 is 0. The quantitative estimate of drug-likeness (QED) is 0.482. The Morgan fingerprint density at radius 3 is 2.52 bits per heavy atom. The molecule has 108 valence electrons. The maximum Gasteiger partial charge on any atom is 0.272 e. The molecule has 21 heavy (non-hydrogen) atoms. The first kappa shape index (κ1) is 13.5. The Morgan fingerprint density at radius 2 is 1.81 bits per heavy atom. The Hall–Kier alpha value is -2.50. The van der Waals surface area contributed by atoms with Crippen LogP contribution in [0.5, 0.6) is 0 Å². The number of nitro groups is 2. The van der Waals surface area contributed by atoms with E-state index in [2.05, 4.69) is 12.2 Å². The zero-order valence-electron chi connectivity index (χ0n) is 11.2. The third-order valence-electron chi connectivity index (χ3n) is 4.44. The predicted octanol–water partition coefficient (Wildman–Crippen LogP) is 3.29. The molecule has 4 unspecified atom stereocenters. The summed E-state index contributed by atoms with van der Waals surface area (Å²) in [6.07, 6.45) is 7.62. The molecule has 2 aliphatic rings. The van der Waals surface area contributed by atoms with Crippen LogP contribution in [0.15, 0.2) is 48.7 Å². The fourth-order valence-electron chi connectivity index (χ4n) is 3.67. The molecule has 1 saturated carbocycles. The van der Waals surface area contributed by atoms with Gasteiger partial charge >= 0.3 is 0 Å². The van der Waals surface area contributed by atoms with Crippen molar-refractivity contribution in [3.05, 3.63) is 74.5 Å². The van der Waals surface area contributed by atoms with Crippen LogP contribution in [0.25, 0.3) is 0 Å².